The van der Waals surface area contributed by atoms with Crippen molar-refractivity contribution in [3.63, 3.8) is 0 Å². The zero-order valence-electron chi connectivity index (χ0n) is 12.9. The van der Waals surface area contributed by atoms with Gasteiger partial charge in [-0.25, -0.2) is 0 Å². The number of hydrogen-bond acceptors (Lipinski definition) is 4. The number of nitrogens with zero attached hydrogens (tertiary/aromatic N) is 3. The summed E-state index contributed by atoms with van der Waals surface area (Å²) >= 11 is 0. The lowest BCUT2D eigenvalue weighted by molar-refractivity contribution is 0.271. The van der Waals surface area contributed by atoms with E-state index in [1.165, 1.54) is 25.1 Å². The van der Waals surface area contributed by atoms with Crippen LogP contribution < -0.4 is 10.6 Å². The fourth-order valence-electron chi connectivity index (χ4n) is 3.45. The van der Waals surface area contributed by atoms with Crippen LogP contribution in [0.3, 0.4) is 0 Å². The van der Waals surface area contributed by atoms with Crippen LogP contribution in [0, 0.1) is 0 Å². The predicted octanol–water partition coefficient (Wildman–Crippen LogP) is 2.74. The molecule has 112 valence electrons. The van der Waals surface area contributed by atoms with Gasteiger partial charge in [0, 0.05) is 36.9 Å². The number of rotatable bonds is 4. The molecule has 2 heterocycles. The van der Waals surface area contributed by atoms with Crippen LogP contribution in [-0.2, 0) is 0 Å². The maximum Gasteiger partial charge on any atom is 0.0951 e. The smallest absolute Gasteiger partial charge is 0.0951 e. The maximum absolute atomic E-state index is 6.04. The van der Waals surface area contributed by atoms with Crippen LogP contribution in [0.5, 0.6) is 0 Å². The first-order chi connectivity index (χ1) is 10.2. The molecule has 1 aromatic heterocycles. The van der Waals surface area contributed by atoms with Gasteiger partial charge in [-0.15, -0.1) is 0 Å². The minimum atomic E-state index is 0.657. The van der Waals surface area contributed by atoms with Crippen molar-refractivity contribution in [2.75, 3.05) is 37.3 Å². The van der Waals surface area contributed by atoms with Gasteiger partial charge in [-0.1, -0.05) is 6.92 Å². The molecular formula is C17H24N4. The Kier molecular flexibility index (Phi) is 3.97. The fraction of sp³-hybridized carbons (Fsp3) is 0.471. The molecule has 0 bridgehead atoms. The first kappa shape index (κ1) is 14.1. The van der Waals surface area contributed by atoms with Gasteiger partial charge in [-0.05, 0) is 50.2 Å². The topological polar surface area (TPSA) is 45.4 Å². The van der Waals surface area contributed by atoms with Crippen LogP contribution >= 0.6 is 0 Å². The summed E-state index contributed by atoms with van der Waals surface area (Å²) in [5, 5.41) is 1.14. The van der Waals surface area contributed by atoms with Gasteiger partial charge in [-0.2, -0.15) is 0 Å². The number of anilines is 2. The highest BCUT2D eigenvalue weighted by Crippen LogP contribution is 2.29. The molecule has 0 radical (unpaired) electrons. The number of benzene rings is 1. The molecule has 2 N–H and O–H groups in total. The van der Waals surface area contributed by atoms with E-state index in [2.05, 4.69) is 40.9 Å². The first-order valence-corrected chi connectivity index (χ1v) is 7.79. The van der Waals surface area contributed by atoms with E-state index in [1.54, 1.807) is 6.20 Å². The van der Waals surface area contributed by atoms with Gasteiger partial charge < -0.3 is 10.6 Å². The van der Waals surface area contributed by atoms with E-state index in [1.807, 2.05) is 12.1 Å². The number of nitrogens with two attached hydrogens (primary N) is 1. The van der Waals surface area contributed by atoms with Crippen LogP contribution in [0.25, 0.3) is 10.9 Å². The van der Waals surface area contributed by atoms with Crippen molar-refractivity contribution in [3.05, 3.63) is 30.5 Å². The largest absolute Gasteiger partial charge is 0.397 e. The van der Waals surface area contributed by atoms with Gasteiger partial charge >= 0.3 is 0 Å². The molecule has 2 aromatic rings. The average Bonchev–Trinajstić information content (AvgIpc) is 2.95. The number of pyridine rings is 1. The SMILES string of the molecule is CCN1CCCC1CN(C)c1ccc(N)c2ncccc12. The molecule has 0 aliphatic carbocycles. The van der Waals surface area contributed by atoms with E-state index in [0.717, 1.165) is 29.7 Å². The van der Waals surface area contributed by atoms with Crippen molar-refractivity contribution in [1.82, 2.24) is 9.88 Å². The number of aromatic nitrogens is 1. The van der Waals surface area contributed by atoms with Crippen LogP contribution in [0.4, 0.5) is 11.4 Å². The lowest BCUT2D eigenvalue weighted by atomic mass is 10.1. The Labute approximate surface area is 126 Å². The molecule has 1 unspecified atom stereocenters. The van der Waals surface area contributed by atoms with Crippen molar-refractivity contribution < 1.29 is 0 Å². The van der Waals surface area contributed by atoms with Crippen LogP contribution in [0.2, 0.25) is 0 Å². The van der Waals surface area contributed by atoms with Gasteiger partial charge in [0.1, 0.15) is 0 Å². The number of fused-ring (bicyclic) bond motifs is 1. The quantitative estimate of drug-likeness (QED) is 0.877. The van der Waals surface area contributed by atoms with Crippen LogP contribution in [0.15, 0.2) is 30.5 Å². The molecule has 1 saturated heterocycles. The molecule has 0 spiro atoms. The standard InChI is InChI=1S/C17H24N4/c1-3-21-11-5-6-13(21)12-20(2)16-9-8-15(18)17-14(16)7-4-10-19-17/h4,7-10,13H,3,5-6,11-12,18H2,1-2H3. The van der Waals surface area contributed by atoms with Gasteiger partial charge in [0.25, 0.3) is 0 Å². The normalized spacial score (nSPS) is 19.2. The van der Waals surface area contributed by atoms with Crippen LogP contribution in [0.1, 0.15) is 19.8 Å². The van der Waals surface area contributed by atoms with Gasteiger partial charge in [-0.3, -0.25) is 9.88 Å². The third kappa shape index (κ3) is 2.68. The molecule has 1 fully saturated rings. The molecule has 1 aromatic carbocycles. The highest BCUT2D eigenvalue weighted by Gasteiger charge is 2.24. The molecule has 1 atom stereocenters. The summed E-state index contributed by atoms with van der Waals surface area (Å²) in [6, 6.07) is 8.83. The molecule has 4 heteroatoms. The Bertz CT molecular complexity index is 625. The lowest BCUT2D eigenvalue weighted by Crippen LogP contribution is -2.38. The Hall–Kier alpha value is -1.81. The molecule has 0 saturated carbocycles. The molecule has 21 heavy (non-hydrogen) atoms. The molecule has 1 aliphatic rings. The number of likely N-dealkylation sites (tertiary alicyclic amines) is 1. The molecule has 1 aliphatic heterocycles. The molecular weight excluding hydrogens is 260 g/mol. The summed E-state index contributed by atoms with van der Waals surface area (Å²) in [5.41, 5.74) is 8.91. The summed E-state index contributed by atoms with van der Waals surface area (Å²) in [6.45, 7) is 5.68. The summed E-state index contributed by atoms with van der Waals surface area (Å²) in [6.07, 6.45) is 4.41. The van der Waals surface area contributed by atoms with Crippen molar-refractivity contribution in [2.45, 2.75) is 25.8 Å². The minimum absolute atomic E-state index is 0.657. The summed E-state index contributed by atoms with van der Waals surface area (Å²) in [4.78, 5) is 9.35. The average molecular weight is 284 g/mol. The highest BCUT2D eigenvalue weighted by atomic mass is 15.2. The second kappa shape index (κ2) is 5.90. The lowest BCUT2D eigenvalue weighted by Gasteiger charge is -2.29. The van der Waals surface area contributed by atoms with E-state index < -0.39 is 0 Å². The highest BCUT2D eigenvalue weighted by molar-refractivity contribution is 5.98. The van der Waals surface area contributed by atoms with Gasteiger partial charge in [0.15, 0.2) is 0 Å². The Morgan fingerprint density at radius 1 is 1.38 bits per heavy atom. The summed E-state index contributed by atoms with van der Waals surface area (Å²) in [7, 11) is 2.17. The van der Waals surface area contributed by atoms with Crippen molar-refractivity contribution >= 4 is 22.3 Å². The van der Waals surface area contributed by atoms with Crippen LogP contribution in [-0.4, -0.2) is 42.6 Å². The van der Waals surface area contributed by atoms with E-state index in [-0.39, 0.29) is 0 Å². The van der Waals surface area contributed by atoms with E-state index in [0.29, 0.717) is 6.04 Å². The van der Waals surface area contributed by atoms with E-state index >= 15 is 0 Å². The molecule has 3 rings (SSSR count). The maximum atomic E-state index is 6.04. The fourth-order valence-corrected chi connectivity index (χ4v) is 3.45. The molecule has 4 nitrogen and oxygen atoms in total. The minimum Gasteiger partial charge on any atom is -0.397 e. The van der Waals surface area contributed by atoms with Crippen molar-refractivity contribution in [2.24, 2.45) is 0 Å². The molecule has 0 amide bonds. The zero-order chi connectivity index (χ0) is 14.8. The third-order valence-electron chi connectivity index (χ3n) is 4.58. The summed E-state index contributed by atoms with van der Waals surface area (Å²) < 4.78 is 0. The number of hydrogen-bond donors (Lipinski definition) is 1. The third-order valence-corrected chi connectivity index (χ3v) is 4.58. The van der Waals surface area contributed by atoms with E-state index in [4.69, 9.17) is 5.73 Å². The Morgan fingerprint density at radius 2 is 2.24 bits per heavy atom. The number of likely N-dealkylation sites (N-methyl/N-ethyl adjacent to an activating group) is 2. The van der Waals surface area contributed by atoms with Gasteiger partial charge in [0.2, 0.25) is 0 Å². The van der Waals surface area contributed by atoms with E-state index in [9.17, 15) is 0 Å². The van der Waals surface area contributed by atoms with Crippen molar-refractivity contribution in [1.29, 1.82) is 0 Å². The Morgan fingerprint density at radius 3 is 3.05 bits per heavy atom. The second-order valence-electron chi connectivity index (χ2n) is 5.88. The zero-order valence-corrected chi connectivity index (χ0v) is 12.9. The summed E-state index contributed by atoms with van der Waals surface area (Å²) in [5.74, 6) is 0. The van der Waals surface area contributed by atoms with Crippen molar-refractivity contribution in [3.8, 4) is 0 Å². The Balaban J connectivity index is 1.88. The first-order valence-electron chi connectivity index (χ1n) is 7.79. The number of nitrogen functional groups attached to an aromatic ring is 1. The monoisotopic (exact) mass is 284 g/mol. The van der Waals surface area contributed by atoms with Gasteiger partial charge in [0.05, 0.1) is 11.2 Å². The second-order valence-corrected chi connectivity index (χ2v) is 5.88. The predicted molar refractivity (Wildman–Crippen MR) is 89.7 cm³/mol.